The third kappa shape index (κ3) is 3.03. The number of hydrogen-bond donors (Lipinski definition) is 1. The summed E-state index contributed by atoms with van der Waals surface area (Å²) >= 11 is 6.03. The summed E-state index contributed by atoms with van der Waals surface area (Å²) in [4.78, 5) is 17.9. The average molecular weight is 276 g/mol. The van der Waals surface area contributed by atoms with Gasteiger partial charge in [-0.05, 0) is 23.8 Å². The summed E-state index contributed by atoms with van der Waals surface area (Å²) in [7, 11) is 1.71. The van der Waals surface area contributed by atoms with E-state index in [2.05, 4.69) is 4.98 Å². The molecule has 0 saturated carbocycles. The number of carbonyl (C=O) groups is 1. The predicted molar refractivity (Wildman–Crippen MR) is 75.9 cm³/mol. The molecule has 0 aliphatic rings. The zero-order valence-electron chi connectivity index (χ0n) is 10.5. The molecular formula is C14H14ClN3O. The number of carbonyl (C=O) groups excluding carboxylic acids is 1. The van der Waals surface area contributed by atoms with Crippen molar-refractivity contribution in [3.8, 4) is 0 Å². The van der Waals surface area contributed by atoms with Crippen LogP contribution in [0, 0.1) is 0 Å². The molecule has 0 aliphatic heterocycles. The molecule has 1 amide bonds. The lowest BCUT2D eigenvalue weighted by Gasteiger charge is -2.18. The van der Waals surface area contributed by atoms with E-state index in [1.54, 1.807) is 42.5 Å². The maximum atomic E-state index is 12.3. The summed E-state index contributed by atoms with van der Waals surface area (Å²) < 4.78 is 0. The highest BCUT2D eigenvalue weighted by Crippen LogP contribution is 2.23. The third-order valence-corrected chi connectivity index (χ3v) is 3.06. The van der Waals surface area contributed by atoms with Gasteiger partial charge in [0.2, 0.25) is 0 Å². The van der Waals surface area contributed by atoms with E-state index in [1.807, 2.05) is 12.1 Å². The van der Waals surface area contributed by atoms with Gasteiger partial charge in [0.1, 0.15) is 0 Å². The first-order valence-electron chi connectivity index (χ1n) is 5.78. The van der Waals surface area contributed by atoms with Gasteiger partial charge in [-0.25, -0.2) is 0 Å². The Bertz CT molecular complexity index is 566. The van der Waals surface area contributed by atoms with E-state index >= 15 is 0 Å². The molecule has 1 aromatic carbocycles. The second kappa shape index (κ2) is 5.71. The molecule has 2 rings (SSSR count). The summed E-state index contributed by atoms with van der Waals surface area (Å²) in [6.07, 6.45) is 3.41. The van der Waals surface area contributed by atoms with Gasteiger partial charge in [-0.3, -0.25) is 9.78 Å². The van der Waals surface area contributed by atoms with E-state index < -0.39 is 0 Å². The van der Waals surface area contributed by atoms with Gasteiger partial charge in [0.25, 0.3) is 5.91 Å². The van der Waals surface area contributed by atoms with Gasteiger partial charge in [0.05, 0.1) is 10.6 Å². The Balaban J connectivity index is 2.20. The summed E-state index contributed by atoms with van der Waals surface area (Å²) in [5.41, 5.74) is 7.49. The van der Waals surface area contributed by atoms with Crippen LogP contribution in [-0.2, 0) is 6.54 Å². The quantitative estimate of drug-likeness (QED) is 0.876. The molecule has 1 aromatic heterocycles. The second-order valence-electron chi connectivity index (χ2n) is 4.23. The molecule has 2 aromatic rings. The smallest absolute Gasteiger partial charge is 0.257 e. The van der Waals surface area contributed by atoms with Gasteiger partial charge < -0.3 is 10.6 Å². The fourth-order valence-electron chi connectivity index (χ4n) is 1.79. The monoisotopic (exact) mass is 275 g/mol. The minimum atomic E-state index is -0.202. The van der Waals surface area contributed by atoms with E-state index in [1.165, 1.54) is 0 Å². The van der Waals surface area contributed by atoms with E-state index in [4.69, 9.17) is 17.3 Å². The summed E-state index contributed by atoms with van der Waals surface area (Å²) in [6, 6.07) is 8.78. The van der Waals surface area contributed by atoms with Gasteiger partial charge >= 0.3 is 0 Å². The molecular weight excluding hydrogens is 262 g/mol. The lowest BCUT2D eigenvalue weighted by atomic mass is 10.1. The number of halogens is 1. The van der Waals surface area contributed by atoms with E-state index in [-0.39, 0.29) is 5.91 Å². The van der Waals surface area contributed by atoms with Crippen LogP contribution in [0.1, 0.15) is 15.9 Å². The van der Waals surface area contributed by atoms with Crippen LogP contribution in [0.15, 0.2) is 42.7 Å². The number of nitrogens with two attached hydrogens (primary N) is 1. The molecule has 19 heavy (non-hydrogen) atoms. The number of amides is 1. The van der Waals surface area contributed by atoms with Crippen LogP contribution < -0.4 is 5.73 Å². The Morgan fingerprint density at radius 2 is 2.16 bits per heavy atom. The first-order valence-corrected chi connectivity index (χ1v) is 6.15. The Labute approximate surface area is 116 Å². The number of rotatable bonds is 3. The van der Waals surface area contributed by atoms with Crippen molar-refractivity contribution in [3.63, 3.8) is 0 Å². The molecule has 2 N–H and O–H groups in total. The fraction of sp³-hybridized carbons (Fsp3) is 0.143. The van der Waals surface area contributed by atoms with Crippen molar-refractivity contribution in [2.75, 3.05) is 12.8 Å². The van der Waals surface area contributed by atoms with Crippen LogP contribution in [0.4, 0.5) is 5.69 Å². The highest BCUT2D eigenvalue weighted by molar-refractivity contribution is 6.34. The lowest BCUT2D eigenvalue weighted by molar-refractivity contribution is 0.0786. The number of pyridine rings is 1. The zero-order valence-corrected chi connectivity index (χ0v) is 11.3. The molecule has 4 nitrogen and oxygen atoms in total. The molecule has 0 radical (unpaired) electrons. The Morgan fingerprint density at radius 3 is 2.79 bits per heavy atom. The Hall–Kier alpha value is -2.07. The normalized spacial score (nSPS) is 10.2. The number of anilines is 1. The van der Waals surface area contributed by atoms with Gasteiger partial charge in [-0.2, -0.15) is 0 Å². The zero-order chi connectivity index (χ0) is 13.8. The molecule has 0 saturated heterocycles. The molecule has 0 atom stereocenters. The third-order valence-electron chi connectivity index (χ3n) is 2.75. The average Bonchev–Trinajstić information content (AvgIpc) is 2.39. The first-order chi connectivity index (χ1) is 9.09. The van der Waals surface area contributed by atoms with Crippen LogP contribution >= 0.6 is 11.6 Å². The standard InChI is InChI=1S/C14H14ClN3O/c1-18(9-10-4-3-7-17-8-10)14(19)13-11(15)5-2-6-12(13)16/h2-8H,9,16H2,1H3. The number of benzene rings is 1. The van der Waals surface area contributed by atoms with E-state index in [9.17, 15) is 4.79 Å². The molecule has 1 heterocycles. The van der Waals surface area contributed by atoms with Crippen molar-refractivity contribution in [1.29, 1.82) is 0 Å². The molecule has 98 valence electrons. The fourth-order valence-corrected chi connectivity index (χ4v) is 2.06. The van der Waals surface area contributed by atoms with Crippen molar-refractivity contribution < 1.29 is 4.79 Å². The highest BCUT2D eigenvalue weighted by Gasteiger charge is 2.18. The molecule has 0 unspecified atom stereocenters. The predicted octanol–water partition coefficient (Wildman–Crippen LogP) is 2.59. The Morgan fingerprint density at radius 1 is 1.37 bits per heavy atom. The number of nitrogens with zero attached hydrogens (tertiary/aromatic N) is 2. The number of nitrogen functional groups attached to an aromatic ring is 1. The molecule has 5 heteroatoms. The van der Waals surface area contributed by atoms with Crippen LogP contribution in [-0.4, -0.2) is 22.8 Å². The van der Waals surface area contributed by atoms with Crippen LogP contribution in [0.2, 0.25) is 5.02 Å². The highest BCUT2D eigenvalue weighted by atomic mass is 35.5. The topological polar surface area (TPSA) is 59.2 Å². The van der Waals surface area contributed by atoms with Crippen molar-refractivity contribution in [2.45, 2.75) is 6.54 Å². The van der Waals surface area contributed by atoms with E-state index in [0.717, 1.165) is 5.56 Å². The van der Waals surface area contributed by atoms with Gasteiger partial charge in [-0.15, -0.1) is 0 Å². The van der Waals surface area contributed by atoms with Crippen molar-refractivity contribution in [3.05, 3.63) is 58.9 Å². The maximum absolute atomic E-state index is 12.3. The second-order valence-corrected chi connectivity index (χ2v) is 4.63. The van der Waals surface area contributed by atoms with Crippen molar-refractivity contribution in [2.24, 2.45) is 0 Å². The first kappa shape index (κ1) is 13.4. The number of hydrogen-bond acceptors (Lipinski definition) is 3. The van der Waals surface area contributed by atoms with Gasteiger partial charge in [0, 0.05) is 31.7 Å². The van der Waals surface area contributed by atoms with Crippen molar-refractivity contribution >= 4 is 23.2 Å². The minimum Gasteiger partial charge on any atom is -0.398 e. The van der Waals surface area contributed by atoms with Gasteiger partial charge in [0.15, 0.2) is 0 Å². The molecule has 0 aliphatic carbocycles. The number of aromatic nitrogens is 1. The van der Waals surface area contributed by atoms with Crippen LogP contribution in [0.25, 0.3) is 0 Å². The van der Waals surface area contributed by atoms with E-state index in [0.29, 0.717) is 22.8 Å². The van der Waals surface area contributed by atoms with Crippen LogP contribution in [0.5, 0.6) is 0 Å². The molecule has 0 spiro atoms. The summed E-state index contributed by atoms with van der Waals surface area (Å²) in [5, 5.41) is 0.364. The molecule has 0 fully saturated rings. The van der Waals surface area contributed by atoms with Crippen molar-refractivity contribution in [1.82, 2.24) is 9.88 Å². The minimum absolute atomic E-state index is 0.202. The van der Waals surface area contributed by atoms with Gasteiger partial charge in [-0.1, -0.05) is 23.7 Å². The lowest BCUT2D eigenvalue weighted by Crippen LogP contribution is -2.27. The maximum Gasteiger partial charge on any atom is 0.257 e. The summed E-state index contributed by atoms with van der Waals surface area (Å²) in [5.74, 6) is -0.202. The summed E-state index contributed by atoms with van der Waals surface area (Å²) in [6.45, 7) is 0.456. The largest absolute Gasteiger partial charge is 0.398 e. The SMILES string of the molecule is CN(Cc1cccnc1)C(=O)c1c(N)cccc1Cl. The Kier molecular flexibility index (Phi) is 4.02. The van der Waals surface area contributed by atoms with Crippen LogP contribution in [0.3, 0.4) is 0 Å². The molecule has 0 bridgehead atoms.